The summed E-state index contributed by atoms with van der Waals surface area (Å²) >= 11 is 0. The van der Waals surface area contributed by atoms with Crippen molar-refractivity contribution in [3.05, 3.63) is 0 Å². The standard InChI is InChI=1S/2C11H16F8/c1-7(5-12)4-8(2,11(17,18)19)10(15,16)6-9(3,13)14;1-4-7(12)5-8(2,11(17,18)19)10(15,16)6-9(3,13)14/h2*7H,4-6H2,1-3H3. The Hall–Kier alpha value is -1.12. The zero-order valence-corrected chi connectivity index (χ0v) is 21.4. The topological polar surface area (TPSA) is 0 Å². The van der Waals surface area contributed by atoms with Crippen molar-refractivity contribution in [1.29, 1.82) is 0 Å². The number of rotatable bonds is 12. The Morgan fingerprint density at radius 3 is 1.05 bits per heavy atom. The summed E-state index contributed by atoms with van der Waals surface area (Å²) in [7, 11) is 0. The van der Waals surface area contributed by atoms with Gasteiger partial charge in [-0.2, -0.15) is 26.3 Å². The van der Waals surface area contributed by atoms with Gasteiger partial charge in [-0.3, -0.25) is 4.39 Å². The highest BCUT2D eigenvalue weighted by molar-refractivity contribution is 4.99. The molecule has 0 nitrogen and oxygen atoms in total. The molecule has 0 bridgehead atoms. The molecule has 0 saturated heterocycles. The van der Waals surface area contributed by atoms with Gasteiger partial charge in [0.15, 0.2) is 0 Å². The summed E-state index contributed by atoms with van der Waals surface area (Å²) in [5, 5.41) is 0. The molecule has 0 heterocycles. The Bertz CT molecular complexity index is 640. The smallest absolute Gasteiger partial charge is 0.251 e. The van der Waals surface area contributed by atoms with Crippen LogP contribution in [0.15, 0.2) is 0 Å². The van der Waals surface area contributed by atoms with Gasteiger partial charge in [0.2, 0.25) is 0 Å². The molecule has 0 radical (unpaired) electrons. The van der Waals surface area contributed by atoms with Crippen molar-refractivity contribution >= 4 is 0 Å². The molecule has 0 fully saturated rings. The molecule has 0 amide bonds. The lowest BCUT2D eigenvalue weighted by Crippen LogP contribution is -2.53. The first-order valence-electron chi connectivity index (χ1n) is 11.2. The molecule has 0 saturated carbocycles. The summed E-state index contributed by atoms with van der Waals surface area (Å²) in [5.74, 6) is -18.7. The summed E-state index contributed by atoms with van der Waals surface area (Å²) in [4.78, 5) is 0. The van der Waals surface area contributed by atoms with Gasteiger partial charge in [-0.25, -0.2) is 39.5 Å². The van der Waals surface area contributed by atoms with Crippen molar-refractivity contribution in [3.8, 4) is 0 Å². The lowest BCUT2D eigenvalue weighted by Gasteiger charge is -2.41. The number of alkyl halides is 16. The normalized spacial score (nSPS) is 19.1. The third-order valence-electron chi connectivity index (χ3n) is 6.02. The molecule has 0 aliphatic heterocycles. The van der Waals surface area contributed by atoms with Crippen molar-refractivity contribution in [2.24, 2.45) is 16.7 Å². The predicted octanol–water partition coefficient (Wildman–Crippen LogP) is 10.6. The molecule has 0 aromatic heterocycles. The molecule has 0 aromatic carbocycles. The van der Waals surface area contributed by atoms with Gasteiger partial charge in [0.25, 0.3) is 23.7 Å². The molecule has 4 atom stereocenters. The fraction of sp³-hybridized carbons (Fsp3) is 1.00. The first-order chi connectivity index (χ1) is 16.3. The highest BCUT2D eigenvalue weighted by atomic mass is 19.4. The fourth-order valence-corrected chi connectivity index (χ4v) is 3.45. The van der Waals surface area contributed by atoms with Crippen LogP contribution in [0, 0.1) is 16.7 Å². The van der Waals surface area contributed by atoms with E-state index in [4.69, 9.17) is 0 Å². The maximum atomic E-state index is 13.6. The Labute approximate surface area is 210 Å². The fourth-order valence-electron chi connectivity index (χ4n) is 3.45. The second-order valence-electron chi connectivity index (χ2n) is 10.2. The van der Waals surface area contributed by atoms with Gasteiger partial charge in [0.05, 0.1) is 19.5 Å². The van der Waals surface area contributed by atoms with E-state index in [9.17, 15) is 70.2 Å². The molecule has 0 aromatic rings. The zero-order chi connectivity index (χ0) is 31.4. The average molecular weight is 600 g/mol. The van der Waals surface area contributed by atoms with Crippen molar-refractivity contribution in [2.75, 3.05) is 6.67 Å². The van der Waals surface area contributed by atoms with Gasteiger partial charge in [0, 0.05) is 0 Å². The molecule has 0 spiro atoms. The van der Waals surface area contributed by atoms with Gasteiger partial charge >= 0.3 is 12.4 Å². The summed E-state index contributed by atoms with van der Waals surface area (Å²) in [6, 6.07) is 0. The van der Waals surface area contributed by atoms with Crippen LogP contribution in [0.4, 0.5) is 70.2 Å². The van der Waals surface area contributed by atoms with Gasteiger partial charge in [-0.1, -0.05) is 13.8 Å². The highest BCUT2D eigenvalue weighted by Gasteiger charge is 2.68. The molecule has 38 heavy (non-hydrogen) atoms. The minimum Gasteiger partial charge on any atom is -0.251 e. The van der Waals surface area contributed by atoms with E-state index in [1.807, 2.05) is 0 Å². The van der Waals surface area contributed by atoms with E-state index < -0.39 is 97.7 Å². The maximum absolute atomic E-state index is 13.6. The minimum absolute atomic E-state index is 0.0843. The van der Waals surface area contributed by atoms with E-state index in [2.05, 4.69) is 0 Å². The van der Waals surface area contributed by atoms with Crippen LogP contribution in [0.5, 0.6) is 0 Å². The molecule has 16 heteroatoms. The van der Waals surface area contributed by atoms with E-state index in [1.54, 1.807) is 0 Å². The largest absolute Gasteiger partial charge is 0.400 e. The van der Waals surface area contributed by atoms with Crippen molar-refractivity contribution < 1.29 is 70.2 Å². The van der Waals surface area contributed by atoms with Gasteiger partial charge in [-0.15, -0.1) is 0 Å². The first kappa shape index (κ1) is 39.0. The molecular weight excluding hydrogens is 568 g/mol. The number of halogens is 16. The van der Waals surface area contributed by atoms with Gasteiger partial charge < -0.3 is 0 Å². The average Bonchev–Trinajstić information content (AvgIpc) is 2.62. The Morgan fingerprint density at radius 2 is 0.842 bits per heavy atom. The molecule has 232 valence electrons. The van der Waals surface area contributed by atoms with Crippen LogP contribution >= 0.6 is 0 Å². The maximum Gasteiger partial charge on any atom is 0.400 e. The van der Waals surface area contributed by atoms with Crippen LogP contribution in [0.1, 0.15) is 73.6 Å². The second-order valence-corrected chi connectivity index (χ2v) is 10.2. The van der Waals surface area contributed by atoms with E-state index in [0.717, 1.165) is 6.92 Å². The van der Waals surface area contributed by atoms with Gasteiger partial charge in [-0.05, 0) is 52.9 Å². The summed E-state index contributed by atoms with van der Waals surface area (Å²) in [6.07, 6.45) is -20.7. The third kappa shape index (κ3) is 10.8. The zero-order valence-electron chi connectivity index (χ0n) is 21.4. The predicted molar refractivity (Wildman–Crippen MR) is 108 cm³/mol. The lowest BCUT2D eigenvalue weighted by molar-refractivity contribution is -0.310. The number of hydrogen-bond donors (Lipinski definition) is 0. The Kier molecular flexibility index (Phi) is 12.9. The quantitative estimate of drug-likeness (QED) is 0.196. The lowest BCUT2D eigenvalue weighted by atomic mass is 9.73. The SMILES string of the molecule is CC(CF)CC(C)(C(F)(F)F)C(F)(F)CC(C)(F)F.CCC(F)CC(C)(C(F)(F)F)C(F)(F)CC(C)(F)F. The van der Waals surface area contributed by atoms with Crippen molar-refractivity contribution in [2.45, 2.75) is 116 Å². The van der Waals surface area contributed by atoms with Crippen LogP contribution in [0.25, 0.3) is 0 Å². The molecule has 0 aliphatic carbocycles. The molecule has 0 aliphatic rings. The molecule has 0 rings (SSSR count). The van der Waals surface area contributed by atoms with Crippen molar-refractivity contribution in [1.82, 2.24) is 0 Å². The Balaban J connectivity index is 0. The van der Waals surface area contributed by atoms with E-state index >= 15 is 0 Å². The highest BCUT2D eigenvalue weighted by Crippen LogP contribution is 2.57. The van der Waals surface area contributed by atoms with Crippen LogP contribution in [-0.2, 0) is 0 Å². The van der Waals surface area contributed by atoms with E-state index in [0.29, 0.717) is 0 Å². The number of hydrogen-bond acceptors (Lipinski definition) is 0. The van der Waals surface area contributed by atoms with Crippen LogP contribution in [-0.4, -0.2) is 48.9 Å². The minimum atomic E-state index is -5.48. The summed E-state index contributed by atoms with van der Waals surface area (Å²) in [5.41, 5.74) is -7.51. The van der Waals surface area contributed by atoms with Crippen LogP contribution < -0.4 is 0 Å². The van der Waals surface area contributed by atoms with Gasteiger partial charge in [0.1, 0.15) is 17.0 Å². The second kappa shape index (κ2) is 12.6. The van der Waals surface area contributed by atoms with Crippen LogP contribution in [0.2, 0.25) is 0 Å². The summed E-state index contributed by atoms with van der Waals surface area (Å²) in [6.45, 7) is 1.44. The van der Waals surface area contributed by atoms with E-state index in [-0.39, 0.29) is 27.7 Å². The third-order valence-corrected chi connectivity index (χ3v) is 6.02. The Morgan fingerprint density at radius 1 is 0.553 bits per heavy atom. The van der Waals surface area contributed by atoms with E-state index in [1.165, 1.54) is 6.92 Å². The molecular formula is C22H32F16. The van der Waals surface area contributed by atoms with Crippen LogP contribution in [0.3, 0.4) is 0 Å². The molecule has 0 N–H and O–H groups in total. The summed E-state index contributed by atoms with van der Waals surface area (Å²) < 4.78 is 207. The monoisotopic (exact) mass is 600 g/mol. The van der Waals surface area contributed by atoms with Crippen molar-refractivity contribution in [3.63, 3.8) is 0 Å². The first-order valence-corrected chi connectivity index (χ1v) is 11.2. The molecule has 4 unspecified atom stereocenters.